The fraction of sp³-hybridized carbons (Fsp3) is 0.143. The fourth-order valence-electron chi connectivity index (χ4n) is 1.80. The van der Waals surface area contributed by atoms with E-state index in [2.05, 4.69) is 0 Å². The first-order valence-corrected chi connectivity index (χ1v) is 6.23. The van der Waals surface area contributed by atoms with E-state index in [0.29, 0.717) is 46.9 Å². The second kappa shape index (κ2) is 4.90. The first-order valence-electron chi connectivity index (χ1n) is 5.85. The van der Waals surface area contributed by atoms with Crippen LogP contribution in [0.15, 0.2) is 36.4 Å². The quantitative estimate of drug-likeness (QED) is 0.854. The van der Waals surface area contributed by atoms with E-state index >= 15 is 0 Å². The molecule has 19 heavy (non-hydrogen) atoms. The molecule has 1 heterocycles. The summed E-state index contributed by atoms with van der Waals surface area (Å²) < 4.78 is 16.7. The minimum absolute atomic E-state index is 0.499. The molecule has 0 aliphatic carbocycles. The van der Waals surface area contributed by atoms with Crippen molar-refractivity contribution in [1.82, 2.24) is 0 Å². The van der Waals surface area contributed by atoms with Crippen LogP contribution < -0.4 is 19.9 Å². The van der Waals surface area contributed by atoms with E-state index in [0.717, 1.165) is 0 Å². The van der Waals surface area contributed by atoms with E-state index in [1.165, 1.54) is 0 Å². The molecule has 1 aliphatic rings. The highest BCUT2D eigenvalue weighted by atomic mass is 35.5. The zero-order valence-corrected chi connectivity index (χ0v) is 10.8. The Morgan fingerprint density at radius 1 is 1.00 bits per heavy atom. The van der Waals surface area contributed by atoms with Crippen molar-refractivity contribution in [2.75, 3.05) is 18.9 Å². The molecule has 4 nitrogen and oxygen atoms in total. The van der Waals surface area contributed by atoms with Crippen LogP contribution in [0.25, 0.3) is 0 Å². The minimum atomic E-state index is 0.499. The van der Waals surface area contributed by atoms with E-state index in [-0.39, 0.29) is 0 Å². The molecule has 1 aliphatic heterocycles. The van der Waals surface area contributed by atoms with E-state index in [1.54, 1.807) is 36.4 Å². The molecule has 0 fully saturated rings. The average molecular weight is 278 g/mol. The molecular weight excluding hydrogens is 266 g/mol. The van der Waals surface area contributed by atoms with E-state index in [9.17, 15) is 0 Å². The number of hydrogen-bond acceptors (Lipinski definition) is 4. The number of halogens is 1. The maximum atomic E-state index is 5.94. The van der Waals surface area contributed by atoms with Crippen LogP contribution in [-0.2, 0) is 0 Å². The predicted octanol–water partition coefficient (Wildman–Crippen LogP) is 3.49. The summed E-state index contributed by atoms with van der Waals surface area (Å²) in [5.74, 6) is 2.48. The Labute approximate surface area is 115 Å². The molecule has 0 radical (unpaired) electrons. The topological polar surface area (TPSA) is 53.7 Å². The third-order valence-electron chi connectivity index (χ3n) is 2.72. The lowest BCUT2D eigenvalue weighted by atomic mass is 10.2. The van der Waals surface area contributed by atoms with Crippen molar-refractivity contribution in [2.45, 2.75) is 0 Å². The van der Waals surface area contributed by atoms with Crippen molar-refractivity contribution in [3.05, 3.63) is 41.4 Å². The highest BCUT2D eigenvalue weighted by molar-refractivity contribution is 6.30. The van der Waals surface area contributed by atoms with Gasteiger partial charge in [-0.05, 0) is 24.3 Å². The zero-order valence-electron chi connectivity index (χ0n) is 10.1. The molecule has 0 saturated heterocycles. The van der Waals surface area contributed by atoms with Crippen LogP contribution in [0.4, 0.5) is 5.69 Å². The zero-order chi connectivity index (χ0) is 13.2. The first kappa shape index (κ1) is 12.0. The van der Waals surface area contributed by atoms with Crippen molar-refractivity contribution < 1.29 is 14.2 Å². The number of nitrogens with two attached hydrogens (primary N) is 1. The Kier molecular flexibility index (Phi) is 3.09. The van der Waals surface area contributed by atoms with Gasteiger partial charge in [0.05, 0.1) is 5.69 Å². The van der Waals surface area contributed by atoms with Crippen molar-refractivity contribution >= 4 is 17.3 Å². The van der Waals surface area contributed by atoms with Gasteiger partial charge in [0.15, 0.2) is 17.2 Å². The lowest BCUT2D eigenvalue weighted by Gasteiger charge is -2.20. The lowest BCUT2D eigenvalue weighted by Crippen LogP contribution is -2.15. The number of ether oxygens (including phenoxy) is 3. The second-order valence-corrected chi connectivity index (χ2v) is 4.53. The molecule has 98 valence electrons. The van der Waals surface area contributed by atoms with Gasteiger partial charge in [0.25, 0.3) is 0 Å². The third kappa shape index (κ3) is 2.53. The van der Waals surface area contributed by atoms with Gasteiger partial charge in [-0.1, -0.05) is 11.6 Å². The minimum Gasteiger partial charge on any atom is -0.486 e. The summed E-state index contributed by atoms with van der Waals surface area (Å²) in [5, 5.41) is 0.655. The Morgan fingerprint density at radius 3 is 2.32 bits per heavy atom. The number of benzene rings is 2. The average Bonchev–Trinajstić information content (AvgIpc) is 2.42. The van der Waals surface area contributed by atoms with Crippen molar-refractivity contribution in [1.29, 1.82) is 0 Å². The Morgan fingerprint density at radius 2 is 1.63 bits per heavy atom. The van der Waals surface area contributed by atoms with Crippen LogP contribution in [0, 0.1) is 0 Å². The fourth-order valence-corrected chi connectivity index (χ4v) is 1.93. The maximum Gasteiger partial charge on any atom is 0.165 e. The summed E-state index contributed by atoms with van der Waals surface area (Å²) in [6.07, 6.45) is 0. The van der Waals surface area contributed by atoms with Crippen LogP contribution in [0.2, 0.25) is 5.02 Å². The molecule has 2 aromatic rings. The van der Waals surface area contributed by atoms with Gasteiger partial charge in [-0.25, -0.2) is 0 Å². The first-order chi connectivity index (χ1) is 9.22. The molecule has 0 bridgehead atoms. The van der Waals surface area contributed by atoms with Crippen LogP contribution in [0.1, 0.15) is 0 Å². The molecule has 0 saturated carbocycles. The molecule has 0 amide bonds. The number of fused-ring (bicyclic) bond motifs is 1. The summed E-state index contributed by atoms with van der Waals surface area (Å²) in [7, 11) is 0. The smallest absolute Gasteiger partial charge is 0.165 e. The summed E-state index contributed by atoms with van der Waals surface area (Å²) in [4.78, 5) is 0. The second-order valence-electron chi connectivity index (χ2n) is 4.09. The number of rotatable bonds is 2. The van der Waals surface area contributed by atoms with Gasteiger partial charge in [0, 0.05) is 17.2 Å². The van der Waals surface area contributed by atoms with Crippen molar-refractivity contribution in [3.8, 4) is 23.0 Å². The molecule has 0 unspecified atom stereocenters. The summed E-state index contributed by atoms with van der Waals surface area (Å²) in [5.41, 5.74) is 6.44. The van der Waals surface area contributed by atoms with Crippen LogP contribution in [0.5, 0.6) is 23.0 Å². The van der Waals surface area contributed by atoms with Gasteiger partial charge in [-0.15, -0.1) is 0 Å². The van der Waals surface area contributed by atoms with E-state index in [1.807, 2.05) is 0 Å². The summed E-state index contributed by atoms with van der Waals surface area (Å²) in [6.45, 7) is 1.06. The summed E-state index contributed by atoms with van der Waals surface area (Å²) >= 11 is 5.82. The Bertz CT molecular complexity index is 598. The van der Waals surface area contributed by atoms with E-state index in [4.69, 9.17) is 31.5 Å². The van der Waals surface area contributed by atoms with Gasteiger partial charge in [0.2, 0.25) is 0 Å². The molecule has 2 aromatic carbocycles. The molecule has 5 heteroatoms. The molecule has 0 atom stereocenters. The number of hydrogen-bond donors (Lipinski definition) is 1. The Balaban J connectivity index is 1.90. The van der Waals surface area contributed by atoms with Gasteiger partial charge in [-0.3, -0.25) is 0 Å². The molecule has 0 aromatic heterocycles. The monoisotopic (exact) mass is 277 g/mol. The van der Waals surface area contributed by atoms with Gasteiger partial charge in [0.1, 0.15) is 19.0 Å². The lowest BCUT2D eigenvalue weighted by molar-refractivity contribution is 0.171. The summed E-state index contributed by atoms with van der Waals surface area (Å²) in [6, 6.07) is 10.5. The Hall–Kier alpha value is -2.07. The normalized spacial score (nSPS) is 13.1. The maximum absolute atomic E-state index is 5.94. The number of nitrogen functional groups attached to an aromatic ring is 1. The van der Waals surface area contributed by atoms with Gasteiger partial charge < -0.3 is 19.9 Å². The van der Waals surface area contributed by atoms with Crippen LogP contribution in [0.3, 0.4) is 0 Å². The molecule has 3 rings (SSSR count). The van der Waals surface area contributed by atoms with E-state index < -0.39 is 0 Å². The SMILES string of the molecule is Nc1cc2c(cc1Oc1ccc(Cl)cc1)OCCO2. The molecular formula is C14H12ClNO3. The van der Waals surface area contributed by atoms with Crippen molar-refractivity contribution in [2.24, 2.45) is 0 Å². The standard InChI is InChI=1S/C14H12ClNO3/c15-9-1-3-10(4-2-9)19-12-8-14-13(7-11(12)16)17-5-6-18-14/h1-4,7-8H,5-6,16H2. The highest BCUT2D eigenvalue weighted by Gasteiger charge is 2.15. The number of anilines is 1. The highest BCUT2D eigenvalue weighted by Crippen LogP contribution is 2.39. The van der Waals surface area contributed by atoms with Crippen LogP contribution in [-0.4, -0.2) is 13.2 Å². The van der Waals surface area contributed by atoms with Gasteiger partial charge in [-0.2, -0.15) is 0 Å². The van der Waals surface area contributed by atoms with Gasteiger partial charge >= 0.3 is 0 Å². The largest absolute Gasteiger partial charge is 0.486 e. The molecule has 0 spiro atoms. The predicted molar refractivity (Wildman–Crippen MR) is 73.4 cm³/mol. The third-order valence-corrected chi connectivity index (χ3v) is 2.97. The molecule has 2 N–H and O–H groups in total. The van der Waals surface area contributed by atoms with Crippen molar-refractivity contribution in [3.63, 3.8) is 0 Å². The van der Waals surface area contributed by atoms with Crippen LogP contribution >= 0.6 is 11.6 Å².